The monoisotopic (exact) mass is 461 g/mol. The van der Waals surface area contributed by atoms with Gasteiger partial charge < -0.3 is 10.0 Å². The number of carbonyl (C=O) groups excluding carboxylic acids is 1. The van der Waals surface area contributed by atoms with Crippen LogP contribution in [0.2, 0.25) is 10.0 Å². The number of aliphatic carboxylic acids is 1. The van der Waals surface area contributed by atoms with E-state index in [2.05, 4.69) is 13.8 Å². The maximum Gasteiger partial charge on any atom is 0.304 e. The van der Waals surface area contributed by atoms with Crippen molar-refractivity contribution in [2.24, 2.45) is 11.8 Å². The maximum absolute atomic E-state index is 13.5. The average molecular weight is 462 g/mol. The van der Waals surface area contributed by atoms with Gasteiger partial charge in [0.05, 0.1) is 12.5 Å². The first kappa shape index (κ1) is 23.6. The van der Waals surface area contributed by atoms with Gasteiger partial charge in [-0.15, -0.1) is 0 Å². The Morgan fingerprint density at radius 2 is 1.74 bits per heavy atom. The number of likely N-dealkylation sites (tertiary alicyclic amines) is 1. The molecule has 2 aromatic carbocycles. The summed E-state index contributed by atoms with van der Waals surface area (Å²) >= 11 is 12.4. The number of hydrogen-bond acceptors (Lipinski definition) is 2. The molecule has 1 aliphatic rings. The number of nitrogens with zero attached hydrogens (tertiary/aromatic N) is 1. The maximum atomic E-state index is 13.5. The van der Waals surface area contributed by atoms with Crippen molar-refractivity contribution < 1.29 is 14.7 Å². The number of carboxylic acids is 1. The third-order valence-corrected chi connectivity index (χ3v) is 6.89. The molecular weight excluding hydrogens is 433 g/mol. The van der Waals surface area contributed by atoms with Crippen LogP contribution in [0.4, 0.5) is 0 Å². The van der Waals surface area contributed by atoms with Crippen LogP contribution in [0.15, 0.2) is 48.5 Å². The van der Waals surface area contributed by atoms with Crippen molar-refractivity contribution >= 4 is 35.1 Å². The highest BCUT2D eigenvalue weighted by atomic mass is 35.5. The third kappa shape index (κ3) is 5.61. The molecule has 0 aromatic heterocycles. The Hall–Kier alpha value is -2.04. The molecule has 0 radical (unpaired) electrons. The molecule has 31 heavy (non-hydrogen) atoms. The summed E-state index contributed by atoms with van der Waals surface area (Å²) in [6.45, 7) is 4.86. The normalized spacial score (nSPS) is 21.5. The number of carbonyl (C=O) groups is 2. The van der Waals surface area contributed by atoms with E-state index in [9.17, 15) is 14.7 Å². The van der Waals surface area contributed by atoms with Gasteiger partial charge in [-0.3, -0.25) is 9.59 Å². The average Bonchev–Trinajstić information content (AvgIpc) is 2.74. The van der Waals surface area contributed by atoms with E-state index in [0.717, 1.165) is 24.0 Å². The van der Waals surface area contributed by atoms with Crippen LogP contribution in [-0.2, 0) is 9.59 Å². The van der Waals surface area contributed by atoms with Gasteiger partial charge in [0, 0.05) is 28.4 Å². The molecule has 1 fully saturated rings. The highest BCUT2D eigenvalue weighted by molar-refractivity contribution is 6.30. The Bertz CT molecular complexity index is 911. The Morgan fingerprint density at radius 3 is 2.32 bits per heavy atom. The summed E-state index contributed by atoms with van der Waals surface area (Å²) in [5, 5.41) is 10.7. The summed E-state index contributed by atoms with van der Waals surface area (Å²) in [4.78, 5) is 27.0. The lowest BCUT2D eigenvalue weighted by Gasteiger charge is -2.46. The predicted octanol–water partition coefficient (Wildman–Crippen LogP) is 6.58. The first-order valence-corrected chi connectivity index (χ1v) is 11.6. The van der Waals surface area contributed by atoms with E-state index in [4.69, 9.17) is 23.2 Å². The van der Waals surface area contributed by atoms with Gasteiger partial charge in [0.15, 0.2) is 0 Å². The zero-order chi connectivity index (χ0) is 22.5. The first-order chi connectivity index (χ1) is 14.8. The van der Waals surface area contributed by atoms with Gasteiger partial charge in [0.2, 0.25) is 5.91 Å². The number of hydrogen-bond donors (Lipinski definition) is 1. The predicted molar refractivity (Wildman–Crippen MR) is 125 cm³/mol. The minimum absolute atomic E-state index is 0.0590. The van der Waals surface area contributed by atoms with Crippen molar-refractivity contribution in [2.75, 3.05) is 6.54 Å². The largest absolute Gasteiger partial charge is 0.481 e. The minimum atomic E-state index is -0.948. The number of piperidine rings is 1. The fourth-order valence-corrected chi connectivity index (χ4v) is 4.99. The van der Waals surface area contributed by atoms with E-state index in [1.165, 1.54) is 0 Å². The standard InChI is InChI=1S/C25H29Cl2NO3/c1-3-16(4-2)15-28-24(17-8-10-20(26)11-9-17)22(18-6-5-7-21(27)12-18)13-19(25(28)31)14-23(29)30/h5-12,16,19,22,24H,3-4,13-15H2,1-2H3,(H,29,30)/t19-,22-,24-/m1/s1. The molecule has 2 aromatic rings. The molecule has 1 amide bonds. The van der Waals surface area contributed by atoms with Crippen molar-refractivity contribution in [3.05, 3.63) is 69.7 Å². The second-order valence-electron chi connectivity index (χ2n) is 8.36. The third-order valence-electron chi connectivity index (χ3n) is 6.41. The summed E-state index contributed by atoms with van der Waals surface area (Å²) in [5.74, 6) is -1.29. The first-order valence-electron chi connectivity index (χ1n) is 10.9. The van der Waals surface area contributed by atoms with Gasteiger partial charge in [-0.1, -0.05) is 74.2 Å². The van der Waals surface area contributed by atoms with Crippen molar-refractivity contribution in [1.82, 2.24) is 4.90 Å². The highest BCUT2D eigenvalue weighted by Crippen LogP contribution is 2.46. The Morgan fingerprint density at radius 1 is 1.06 bits per heavy atom. The van der Waals surface area contributed by atoms with Crippen LogP contribution in [0, 0.1) is 11.8 Å². The fraction of sp³-hybridized carbons (Fsp3) is 0.440. The molecular formula is C25H29Cl2NO3. The van der Waals surface area contributed by atoms with Crippen LogP contribution in [-0.4, -0.2) is 28.4 Å². The van der Waals surface area contributed by atoms with Gasteiger partial charge in [-0.2, -0.15) is 0 Å². The van der Waals surface area contributed by atoms with Crippen LogP contribution in [0.5, 0.6) is 0 Å². The number of carboxylic acid groups (broad SMARTS) is 1. The molecule has 4 nitrogen and oxygen atoms in total. The van der Waals surface area contributed by atoms with E-state index < -0.39 is 11.9 Å². The lowest BCUT2D eigenvalue weighted by Crippen LogP contribution is -2.49. The lowest BCUT2D eigenvalue weighted by atomic mass is 9.74. The van der Waals surface area contributed by atoms with Crippen molar-refractivity contribution in [1.29, 1.82) is 0 Å². The molecule has 3 rings (SSSR count). The van der Waals surface area contributed by atoms with Gasteiger partial charge in [0.1, 0.15) is 0 Å². The van der Waals surface area contributed by atoms with Crippen LogP contribution in [0.25, 0.3) is 0 Å². The van der Waals surface area contributed by atoms with Gasteiger partial charge in [-0.05, 0) is 47.7 Å². The van der Waals surface area contributed by atoms with Crippen LogP contribution in [0.3, 0.4) is 0 Å². The van der Waals surface area contributed by atoms with E-state index in [-0.39, 0.29) is 24.3 Å². The molecule has 1 heterocycles. The highest BCUT2D eigenvalue weighted by Gasteiger charge is 2.44. The molecule has 3 atom stereocenters. The molecule has 0 bridgehead atoms. The molecule has 0 aliphatic carbocycles. The van der Waals surface area contributed by atoms with E-state index in [1.807, 2.05) is 53.4 Å². The summed E-state index contributed by atoms with van der Waals surface area (Å²) in [5.41, 5.74) is 2.02. The molecule has 1 saturated heterocycles. The van der Waals surface area contributed by atoms with Gasteiger partial charge in [-0.25, -0.2) is 0 Å². The molecule has 0 unspecified atom stereocenters. The topological polar surface area (TPSA) is 57.6 Å². The number of rotatable bonds is 8. The zero-order valence-electron chi connectivity index (χ0n) is 17.9. The SMILES string of the molecule is CCC(CC)CN1C(=O)[C@@H](CC(=O)O)C[C@H](c2cccc(Cl)c2)[C@H]1c1ccc(Cl)cc1. The van der Waals surface area contributed by atoms with Crippen LogP contribution < -0.4 is 0 Å². The summed E-state index contributed by atoms with van der Waals surface area (Å²) < 4.78 is 0. The van der Waals surface area contributed by atoms with Crippen LogP contribution in [0.1, 0.15) is 62.6 Å². The molecule has 0 spiro atoms. The number of halogens is 2. The summed E-state index contributed by atoms with van der Waals surface area (Å²) in [6.07, 6.45) is 2.22. The van der Waals surface area contributed by atoms with Crippen molar-refractivity contribution in [3.8, 4) is 0 Å². The van der Waals surface area contributed by atoms with E-state index in [1.54, 1.807) is 0 Å². The lowest BCUT2D eigenvalue weighted by molar-refractivity contribution is -0.150. The van der Waals surface area contributed by atoms with Gasteiger partial charge in [0.25, 0.3) is 0 Å². The van der Waals surface area contributed by atoms with E-state index >= 15 is 0 Å². The van der Waals surface area contributed by atoms with Crippen molar-refractivity contribution in [3.63, 3.8) is 0 Å². The van der Waals surface area contributed by atoms with Crippen LogP contribution >= 0.6 is 23.2 Å². The number of amides is 1. The smallest absolute Gasteiger partial charge is 0.304 e. The quantitative estimate of drug-likeness (QED) is 0.482. The van der Waals surface area contributed by atoms with E-state index in [0.29, 0.717) is 28.9 Å². The Labute approximate surface area is 194 Å². The second kappa shape index (κ2) is 10.5. The zero-order valence-corrected chi connectivity index (χ0v) is 19.4. The second-order valence-corrected chi connectivity index (χ2v) is 9.23. The fourth-order valence-electron chi connectivity index (χ4n) is 4.66. The Kier molecular flexibility index (Phi) is 8.01. The number of benzene rings is 2. The molecule has 1 aliphatic heterocycles. The summed E-state index contributed by atoms with van der Waals surface area (Å²) in [6, 6.07) is 15.1. The Balaban J connectivity index is 2.11. The molecule has 1 N–H and O–H groups in total. The molecule has 6 heteroatoms. The minimum Gasteiger partial charge on any atom is -0.481 e. The molecule has 166 valence electrons. The summed E-state index contributed by atoms with van der Waals surface area (Å²) in [7, 11) is 0. The molecule has 0 saturated carbocycles. The van der Waals surface area contributed by atoms with Gasteiger partial charge >= 0.3 is 5.97 Å². The van der Waals surface area contributed by atoms with Crippen molar-refractivity contribution in [2.45, 2.75) is 51.5 Å².